The highest BCUT2D eigenvalue weighted by Gasteiger charge is 2.09. The molecule has 3 heteroatoms. The van der Waals surface area contributed by atoms with Crippen LogP contribution in [0.2, 0.25) is 0 Å². The van der Waals surface area contributed by atoms with Crippen molar-refractivity contribution < 1.29 is 4.74 Å². The second-order valence-electron chi connectivity index (χ2n) is 3.65. The number of methoxy groups -OCH3 is 1. The third kappa shape index (κ3) is 2.63. The summed E-state index contributed by atoms with van der Waals surface area (Å²) in [4.78, 5) is 0. The molecule has 0 radical (unpaired) electrons. The maximum absolute atomic E-state index is 8.75. The summed E-state index contributed by atoms with van der Waals surface area (Å²) < 4.78 is 5.28. The summed E-state index contributed by atoms with van der Waals surface area (Å²) in [7, 11) is 1.64. The van der Waals surface area contributed by atoms with Gasteiger partial charge in [0.05, 0.1) is 18.9 Å². The number of hydrogen-bond donors (Lipinski definition) is 1. The second-order valence-corrected chi connectivity index (χ2v) is 3.65. The van der Waals surface area contributed by atoms with Gasteiger partial charge in [0.15, 0.2) is 0 Å². The van der Waals surface area contributed by atoms with E-state index in [9.17, 15) is 0 Å². The number of benzene rings is 1. The highest BCUT2D eigenvalue weighted by Crippen LogP contribution is 2.30. The molecule has 0 saturated heterocycles. The molecule has 0 fully saturated rings. The lowest BCUT2D eigenvalue weighted by Crippen LogP contribution is -2.14. The van der Waals surface area contributed by atoms with E-state index in [-0.39, 0.29) is 6.04 Å². The van der Waals surface area contributed by atoms with Gasteiger partial charge in [0.1, 0.15) is 11.8 Å². The summed E-state index contributed by atoms with van der Waals surface area (Å²) in [5.41, 5.74) is 3.14. The molecule has 0 heterocycles. The summed E-state index contributed by atoms with van der Waals surface area (Å²) >= 11 is 0. The molecule has 0 bridgehead atoms. The van der Waals surface area contributed by atoms with Gasteiger partial charge in [0, 0.05) is 0 Å². The Morgan fingerprint density at radius 2 is 2.07 bits per heavy atom. The van der Waals surface area contributed by atoms with Crippen molar-refractivity contribution in [2.75, 3.05) is 12.4 Å². The lowest BCUT2D eigenvalue weighted by atomic mass is 10.1. The van der Waals surface area contributed by atoms with Gasteiger partial charge in [-0.2, -0.15) is 5.26 Å². The van der Waals surface area contributed by atoms with E-state index in [2.05, 4.69) is 17.5 Å². The molecular weight excluding hydrogens is 188 g/mol. The molecule has 0 aromatic heterocycles. The molecule has 15 heavy (non-hydrogen) atoms. The average molecular weight is 204 g/mol. The van der Waals surface area contributed by atoms with Gasteiger partial charge in [-0.15, -0.1) is 0 Å². The monoisotopic (exact) mass is 204 g/mol. The Labute approximate surface area is 90.7 Å². The van der Waals surface area contributed by atoms with Crippen molar-refractivity contribution in [1.29, 1.82) is 5.26 Å². The average Bonchev–Trinajstić information content (AvgIpc) is 2.21. The Morgan fingerprint density at radius 3 is 2.60 bits per heavy atom. The molecular formula is C12H16N2O. The number of nitriles is 1. The molecule has 1 aromatic carbocycles. The van der Waals surface area contributed by atoms with Crippen molar-refractivity contribution in [2.45, 2.75) is 26.8 Å². The number of aryl methyl sites for hydroxylation is 2. The van der Waals surface area contributed by atoms with Crippen LogP contribution in [-0.2, 0) is 0 Å². The molecule has 1 unspecified atom stereocenters. The highest BCUT2D eigenvalue weighted by molar-refractivity contribution is 5.63. The van der Waals surface area contributed by atoms with Gasteiger partial charge in [0.25, 0.3) is 0 Å². The fraction of sp³-hybridized carbons (Fsp3) is 0.417. The van der Waals surface area contributed by atoms with Gasteiger partial charge >= 0.3 is 0 Å². The molecule has 1 N–H and O–H groups in total. The van der Waals surface area contributed by atoms with Gasteiger partial charge in [-0.05, 0) is 38.0 Å². The van der Waals surface area contributed by atoms with Crippen LogP contribution in [0.4, 0.5) is 5.69 Å². The minimum atomic E-state index is -0.222. The maximum Gasteiger partial charge on any atom is 0.142 e. The first-order chi connectivity index (χ1) is 7.08. The van der Waals surface area contributed by atoms with Gasteiger partial charge in [-0.1, -0.05) is 6.07 Å². The summed E-state index contributed by atoms with van der Waals surface area (Å²) in [6.45, 7) is 5.84. The molecule has 0 aliphatic carbocycles. The maximum atomic E-state index is 8.75. The Kier molecular flexibility index (Phi) is 3.56. The summed E-state index contributed by atoms with van der Waals surface area (Å²) in [5.74, 6) is 0.787. The molecule has 0 saturated carbocycles. The normalized spacial score (nSPS) is 11.7. The number of ether oxygens (including phenoxy) is 1. The standard InChI is InChI=1S/C12H16N2O/c1-8-5-9(2)12(11(6-8)15-4)14-10(3)7-13/h5-6,10,14H,1-4H3. The number of rotatable bonds is 3. The second kappa shape index (κ2) is 4.70. The van der Waals surface area contributed by atoms with Crippen LogP contribution in [-0.4, -0.2) is 13.2 Å². The number of anilines is 1. The van der Waals surface area contributed by atoms with Crippen LogP contribution in [0.3, 0.4) is 0 Å². The van der Waals surface area contributed by atoms with Crippen LogP contribution in [0, 0.1) is 25.2 Å². The molecule has 3 nitrogen and oxygen atoms in total. The molecule has 1 rings (SSSR count). The topological polar surface area (TPSA) is 45.0 Å². The first kappa shape index (κ1) is 11.4. The van der Waals surface area contributed by atoms with Crippen molar-refractivity contribution in [1.82, 2.24) is 0 Å². The summed E-state index contributed by atoms with van der Waals surface area (Å²) in [5, 5.41) is 11.9. The van der Waals surface area contributed by atoms with Crippen molar-refractivity contribution >= 4 is 5.69 Å². The molecule has 1 atom stereocenters. The zero-order valence-corrected chi connectivity index (χ0v) is 9.59. The zero-order chi connectivity index (χ0) is 11.4. The van der Waals surface area contributed by atoms with E-state index >= 15 is 0 Å². The molecule has 80 valence electrons. The molecule has 0 aliphatic heterocycles. The van der Waals surface area contributed by atoms with E-state index in [0.717, 1.165) is 22.6 Å². The summed E-state index contributed by atoms with van der Waals surface area (Å²) in [6, 6.07) is 5.94. The Morgan fingerprint density at radius 1 is 1.40 bits per heavy atom. The minimum Gasteiger partial charge on any atom is -0.495 e. The first-order valence-electron chi connectivity index (χ1n) is 4.90. The fourth-order valence-corrected chi connectivity index (χ4v) is 1.52. The summed E-state index contributed by atoms with van der Waals surface area (Å²) in [6.07, 6.45) is 0. The van der Waals surface area contributed by atoms with Crippen molar-refractivity contribution in [3.8, 4) is 11.8 Å². The van der Waals surface area contributed by atoms with Gasteiger partial charge in [-0.25, -0.2) is 0 Å². The smallest absolute Gasteiger partial charge is 0.142 e. The van der Waals surface area contributed by atoms with Crippen molar-refractivity contribution in [2.24, 2.45) is 0 Å². The lowest BCUT2D eigenvalue weighted by Gasteiger charge is -2.16. The van der Waals surface area contributed by atoms with Crippen molar-refractivity contribution in [3.05, 3.63) is 23.3 Å². The number of hydrogen-bond acceptors (Lipinski definition) is 3. The predicted octanol–water partition coefficient (Wildman–Crippen LogP) is 2.64. The van der Waals surface area contributed by atoms with Crippen molar-refractivity contribution in [3.63, 3.8) is 0 Å². The number of nitrogens with one attached hydrogen (secondary N) is 1. The van der Waals surface area contributed by atoms with Crippen LogP contribution < -0.4 is 10.1 Å². The van der Waals surface area contributed by atoms with Crippen LogP contribution >= 0.6 is 0 Å². The fourth-order valence-electron chi connectivity index (χ4n) is 1.52. The Bertz CT molecular complexity index is 393. The third-order valence-corrected chi connectivity index (χ3v) is 2.22. The van der Waals surface area contributed by atoms with E-state index in [1.165, 1.54) is 0 Å². The van der Waals surface area contributed by atoms with Crippen LogP contribution in [0.5, 0.6) is 5.75 Å². The first-order valence-corrected chi connectivity index (χ1v) is 4.90. The SMILES string of the molecule is COc1cc(C)cc(C)c1NC(C)C#N. The molecule has 1 aromatic rings. The number of nitrogens with zero attached hydrogens (tertiary/aromatic N) is 1. The van der Waals surface area contributed by atoms with E-state index < -0.39 is 0 Å². The van der Waals surface area contributed by atoms with E-state index in [0.29, 0.717) is 0 Å². The van der Waals surface area contributed by atoms with E-state index in [1.54, 1.807) is 7.11 Å². The van der Waals surface area contributed by atoms with Crippen LogP contribution in [0.15, 0.2) is 12.1 Å². The molecule has 0 aliphatic rings. The van der Waals surface area contributed by atoms with Gasteiger partial charge < -0.3 is 10.1 Å². The highest BCUT2D eigenvalue weighted by atomic mass is 16.5. The lowest BCUT2D eigenvalue weighted by molar-refractivity contribution is 0.415. The Balaban J connectivity index is 3.10. The molecule has 0 spiro atoms. The van der Waals surface area contributed by atoms with E-state index in [4.69, 9.17) is 10.00 Å². The third-order valence-electron chi connectivity index (χ3n) is 2.22. The quantitative estimate of drug-likeness (QED) is 0.823. The Hall–Kier alpha value is -1.69. The van der Waals surface area contributed by atoms with E-state index in [1.807, 2.05) is 26.8 Å². The zero-order valence-electron chi connectivity index (χ0n) is 9.59. The van der Waals surface area contributed by atoms with Gasteiger partial charge in [-0.3, -0.25) is 0 Å². The minimum absolute atomic E-state index is 0.222. The predicted molar refractivity (Wildman–Crippen MR) is 61.2 cm³/mol. The molecule has 0 amide bonds. The largest absolute Gasteiger partial charge is 0.495 e. The van der Waals surface area contributed by atoms with Crippen LogP contribution in [0.25, 0.3) is 0 Å². The van der Waals surface area contributed by atoms with Crippen LogP contribution in [0.1, 0.15) is 18.1 Å². The van der Waals surface area contributed by atoms with Gasteiger partial charge in [0.2, 0.25) is 0 Å².